The van der Waals surface area contributed by atoms with Crippen LogP contribution in [0.3, 0.4) is 0 Å². The fourth-order valence-corrected chi connectivity index (χ4v) is 2.55. The first-order valence-corrected chi connectivity index (χ1v) is 8.56. The van der Waals surface area contributed by atoms with E-state index < -0.39 is 59.1 Å². The van der Waals surface area contributed by atoms with Crippen molar-refractivity contribution in [3.05, 3.63) is 29.8 Å². The van der Waals surface area contributed by atoms with Gasteiger partial charge in [-0.05, 0) is 17.7 Å². The molecule has 0 aliphatic rings. The molecule has 0 heterocycles. The second-order valence-electron chi connectivity index (χ2n) is 5.59. The Morgan fingerprint density at radius 3 is 2.18 bits per heavy atom. The number of benzene rings is 1. The first kappa shape index (κ1) is 23.7. The predicted molar refractivity (Wildman–Crippen MR) is 80.7 cm³/mol. The number of carbonyl (C=O) groups excluding carboxylic acids is 2. The molecule has 1 aromatic carbocycles. The normalized spacial score (nSPS) is 13.7. The average molecular weight is 437 g/mol. The van der Waals surface area contributed by atoms with Gasteiger partial charge in [-0.25, -0.2) is 0 Å². The topological polar surface area (TPSA) is 101 Å². The van der Waals surface area contributed by atoms with Crippen molar-refractivity contribution in [1.82, 2.24) is 4.90 Å². The van der Waals surface area contributed by atoms with Crippen LogP contribution in [0.25, 0.3) is 0 Å². The molecule has 1 N–H and O–H groups in total. The molecule has 0 aliphatic carbocycles. The van der Waals surface area contributed by atoms with E-state index in [9.17, 15) is 44.3 Å². The van der Waals surface area contributed by atoms with Crippen molar-refractivity contribution in [3.63, 3.8) is 0 Å². The molecule has 1 atom stereocenters. The van der Waals surface area contributed by atoms with Crippen molar-refractivity contribution in [2.24, 2.45) is 0 Å². The molecule has 0 aromatic heterocycles. The van der Waals surface area contributed by atoms with Gasteiger partial charge in [-0.3, -0.25) is 14.1 Å². The lowest BCUT2D eigenvalue weighted by Crippen LogP contribution is -2.41. The number of hydrogen-bond donors (Lipinski definition) is 1. The summed E-state index contributed by atoms with van der Waals surface area (Å²) >= 11 is 0. The van der Waals surface area contributed by atoms with Gasteiger partial charge in [0, 0.05) is 25.9 Å². The Morgan fingerprint density at radius 1 is 1.14 bits per heavy atom. The Morgan fingerprint density at radius 2 is 1.71 bits per heavy atom. The van der Waals surface area contributed by atoms with Gasteiger partial charge in [-0.1, -0.05) is 12.1 Å². The van der Waals surface area contributed by atoms with Gasteiger partial charge in [0.25, 0.3) is 0 Å². The highest BCUT2D eigenvalue weighted by atomic mass is 32.3. The maximum absolute atomic E-state index is 12.6. The van der Waals surface area contributed by atoms with E-state index in [0.717, 1.165) is 24.3 Å². The van der Waals surface area contributed by atoms with Gasteiger partial charge in [0.1, 0.15) is 5.75 Å². The van der Waals surface area contributed by atoms with Crippen LogP contribution in [-0.4, -0.2) is 55.5 Å². The molecule has 7 nitrogen and oxygen atoms in total. The number of likely N-dealkylation sites (N-methyl/N-ethyl adjacent to an activating group) is 1. The van der Waals surface area contributed by atoms with Crippen LogP contribution in [0.5, 0.6) is 5.75 Å². The highest BCUT2D eigenvalue weighted by molar-refractivity contribution is 7.81. The molecule has 0 unspecified atom stereocenters. The van der Waals surface area contributed by atoms with Crippen molar-refractivity contribution < 1.29 is 53.1 Å². The first-order chi connectivity index (χ1) is 12.5. The van der Waals surface area contributed by atoms with Crippen LogP contribution in [0.1, 0.15) is 17.9 Å². The molecule has 1 amide bonds. The Labute approximate surface area is 154 Å². The monoisotopic (exact) mass is 437 g/mol. The molecule has 0 bridgehead atoms. The van der Waals surface area contributed by atoms with Gasteiger partial charge in [0.15, 0.2) is 0 Å². The summed E-state index contributed by atoms with van der Waals surface area (Å²) in [6, 6.07) is 3.97. The van der Waals surface area contributed by atoms with Crippen molar-refractivity contribution in [2.75, 3.05) is 13.6 Å². The van der Waals surface area contributed by atoms with Crippen LogP contribution in [-0.2, 0) is 20.0 Å². The third-order valence-corrected chi connectivity index (χ3v) is 3.77. The van der Waals surface area contributed by atoms with Crippen LogP contribution in [0.15, 0.2) is 24.3 Å². The lowest BCUT2D eigenvalue weighted by Gasteiger charge is -2.25. The zero-order chi connectivity index (χ0) is 21.9. The summed E-state index contributed by atoms with van der Waals surface area (Å²) in [5.41, 5.74) is -0.222. The van der Waals surface area contributed by atoms with E-state index in [2.05, 4.69) is 4.18 Å². The minimum absolute atomic E-state index is 0.0879. The fourth-order valence-electron chi connectivity index (χ4n) is 2.20. The lowest BCUT2D eigenvalue weighted by atomic mass is 9.92. The number of Topliss-reactive ketones (excluding diaryl/α,β-unsaturated/α-hetero) is 1. The molecule has 0 spiro atoms. The highest BCUT2D eigenvalue weighted by Crippen LogP contribution is 2.30. The molecular formula is C14H13F6NO6S. The Bertz CT molecular complexity index is 835. The SMILES string of the molecule is CN(C[C@H](CC(=O)C(F)(F)F)c1cccc(OS(=O)(=O)O)c1)C(=O)C(F)(F)F. The second-order valence-corrected chi connectivity index (χ2v) is 6.61. The van der Waals surface area contributed by atoms with Gasteiger partial charge < -0.3 is 9.08 Å². The molecule has 1 aromatic rings. The number of ketones is 1. The van der Waals surface area contributed by atoms with E-state index in [1.807, 2.05) is 0 Å². The molecular weight excluding hydrogens is 424 g/mol. The number of amides is 1. The number of halogens is 6. The fraction of sp³-hybridized carbons (Fsp3) is 0.429. The zero-order valence-corrected chi connectivity index (χ0v) is 14.7. The van der Waals surface area contributed by atoms with Gasteiger partial charge in [0.05, 0.1) is 0 Å². The zero-order valence-electron chi connectivity index (χ0n) is 13.9. The predicted octanol–water partition coefficient (Wildman–Crippen LogP) is 2.49. The molecule has 28 heavy (non-hydrogen) atoms. The van der Waals surface area contributed by atoms with Crippen LogP contribution in [0.2, 0.25) is 0 Å². The van der Waals surface area contributed by atoms with Gasteiger partial charge in [-0.2, -0.15) is 34.8 Å². The summed E-state index contributed by atoms with van der Waals surface area (Å²) in [5.74, 6) is -6.74. The summed E-state index contributed by atoms with van der Waals surface area (Å²) in [5, 5.41) is 0. The number of carbonyl (C=O) groups is 2. The molecule has 158 valence electrons. The number of alkyl halides is 6. The van der Waals surface area contributed by atoms with Crippen LogP contribution < -0.4 is 4.18 Å². The number of rotatable bonds is 7. The maximum atomic E-state index is 12.6. The lowest BCUT2D eigenvalue weighted by molar-refractivity contribution is -0.184. The molecule has 0 saturated carbocycles. The molecule has 0 aliphatic heterocycles. The summed E-state index contributed by atoms with van der Waals surface area (Å²) < 4.78 is 109. The van der Waals surface area contributed by atoms with Crippen molar-refractivity contribution >= 4 is 22.1 Å². The quantitative estimate of drug-likeness (QED) is 0.520. The smallest absolute Gasteiger partial charge is 0.362 e. The van der Waals surface area contributed by atoms with E-state index in [1.54, 1.807) is 0 Å². The van der Waals surface area contributed by atoms with Crippen molar-refractivity contribution in [2.45, 2.75) is 24.7 Å². The van der Waals surface area contributed by atoms with Crippen LogP contribution >= 0.6 is 0 Å². The minimum Gasteiger partial charge on any atom is -0.362 e. The van der Waals surface area contributed by atoms with Crippen molar-refractivity contribution in [3.8, 4) is 5.75 Å². The van der Waals surface area contributed by atoms with E-state index in [4.69, 9.17) is 4.55 Å². The van der Waals surface area contributed by atoms with Gasteiger partial charge in [0.2, 0.25) is 5.78 Å². The minimum atomic E-state index is -5.29. The summed E-state index contributed by atoms with van der Waals surface area (Å²) in [7, 11) is -4.30. The Kier molecular flexibility index (Phi) is 7.06. The largest absolute Gasteiger partial charge is 0.471 e. The van der Waals surface area contributed by atoms with Gasteiger partial charge >= 0.3 is 28.7 Å². The van der Waals surface area contributed by atoms with E-state index >= 15 is 0 Å². The highest BCUT2D eigenvalue weighted by Gasteiger charge is 2.43. The third kappa shape index (κ3) is 7.34. The number of hydrogen-bond acceptors (Lipinski definition) is 5. The van der Waals surface area contributed by atoms with Gasteiger partial charge in [-0.15, -0.1) is 0 Å². The molecule has 0 saturated heterocycles. The Hall–Kier alpha value is -2.35. The van der Waals surface area contributed by atoms with E-state index in [-0.39, 0.29) is 10.5 Å². The third-order valence-electron chi connectivity index (χ3n) is 3.36. The second kappa shape index (κ2) is 8.34. The van der Waals surface area contributed by atoms with Crippen LogP contribution in [0, 0.1) is 0 Å². The first-order valence-electron chi connectivity index (χ1n) is 7.20. The average Bonchev–Trinajstić information content (AvgIpc) is 2.50. The Balaban J connectivity index is 3.22. The van der Waals surface area contributed by atoms with Crippen LogP contribution in [0.4, 0.5) is 26.3 Å². The standard InChI is InChI=1S/C14H13F6NO6S/c1-21(12(23)14(18,19)20)7-9(6-11(22)13(15,16)17)8-3-2-4-10(5-8)27-28(24,25)26/h2-5,9H,6-7H2,1H3,(H,24,25,26)/t9-/m0/s1. The van der Waals surface area contributed by atoms with E-state index in [0.29, 0.717) is 7.05 Å². The molecule has 0 fully saturated rings. The number of nitrogens with zero attached hydrogens (tertiary/aromatic N) is 1. The molecule has 1 rings (SSSR count). The van der Waals surface area contributed by atoms with Crippen molar-refractivity contribution in [1.29, 1.82) is 0 Å². The summed E-state index contributed by atoms with van der Waals surface area (Å²) in [6.07, 6.45) is -11.9. The molecule has 14 heteroatoms. The maximum Gasteiger partial charge on any atom is 0.471 e. The molecule has 0 radical (unpaired) electrons. The summed E-state index contributed by atoms with van der Waals surface area (Å²) in [6.45, 7) is -0.935. The summed E-state index contributed by atoms with van der Waals surface area (Å²) in [4.78, 5) is 22.6. The van der Waals surface area contributed by atoms with E-state index in [1.165, 1.54) is 0 Å².